The molecule has 0 spiro atoms. The summed E-state index contributed by atoms with van der Waals surface area (Å²) >= 11 is 0. The Bertz CT molecular complexity index is 1310. The van der Waals surface area contributed by atoms with Crippen molar-refractivity contribution >= 4 is 21.9 Å². The van der Waals surface area contributed by atoms with E-state index in [1.54, 1.807) is 6.20 Å². The van der Waals surface area contributed by atoms with Crippen molar-refractivity contribution in [2.24, 2.45) is 0 Å². The summed E-state index contributed by atoms with van der Waals surface area (Å²) in [5, 5.41) is 3.53. The van der Waals surface area contributed by atoms with E-state index in [1.807, 2.05) is 30.5 Å². The first-order chi connectivity index (χ1) is 14.0. The zero-order chi connectivity index (χ0) is 20.0. The number of pyridine rings is 2. The minimum atomic E-state index is 0.0393. The van der Waals surface area contributed by atoms with Gasteiger partial charge in [-0.3, -0.25) is 4.98 Å². The van der Waals surface area contributed by atoms with Gasteiger partial charge in [-0.1, -0.05) is 45.0 Å². The minimum Gasteiger partial charge on any atom is -0.438 e. The van der Waals surface area contributed by atoms with Crippen LogP contribution in [0.25, 0.3) is 44.5 Å². The Balaban J connectivity index is 1.67. The number of fused-ring (bicyclic) bond motifs is 2. The first-order valence-corrected chi connectivity index (χ1v) is 9.84. The van der Waals surface area contributed by atoms with Gasteiger partial charge < -0.3 is 4.42 Å². The third kappa shape index (κ3) is 3.19. The number of hydrogen-bond donors (Lipinski definition) is 0. The van der Waals surface area contributed by atoms with E-state index in [1.165, 1.54) is 16.3 Å². The molecule has 0 aliphatic carbocycles. The second-order valence-corrected chi connectivity index (χ2v) is 8.43. The van der Waals surface area contributed by atoms with Crippen LogP contribution < -0.4 is 0 Å². The number of benzene rings is 2. The van der Waals surface area contributed by atoms with Crippen LogP contribution in [-0.2, 0) is 5.41 Å². The highest BCUT2D eigenvalue weighted by Crippen LogP contribution is 2.35. The molecule has 3 heteroatoms. The van der Waals surface area contributed by atoms with Gasteiger partial charge in [0.25, 0.3) is 0 Å². The van der Waals surface area contributed by atoms with Crippen molar-refractivity contribution < 1.29 is 4.42 Å². The average molecular weight is 378 g/mol. The van der Waals surface area contributed by atoms with E-state index in [9.17, 15) is 0 Å². The molecule has 0 aliphatic heterocycles. The van der Waals surface area contributed by atoms with E-state index in [-0.39, 0.29) is 5.41 Å². The summed E-state index contributed by atoms with van der Waals surface area (Å²) in [6, 6.07) is 23.1. The van der Waals surface area contributed by atoms with Crippen LogP contribution in [0.1, 0.15) is 26.3 Å². The lowest BCUT2D eigenvalue weighted by Gasteiger charge is -2.22. The highest BCUT2D eigenvalue weighted by Gasteiger charge is 2.19. The molecule has 0 radical (unpaired) electrons. The number of furan rings is 1. The molecule has 5 aromatic rings. The molecule has 0 N–H and O–H groups in total. The van der Waals surface area contributed by atoms with Gasteiger partial charge in [0, 0.05) is 28.9 Å². The van der Waals surface area contributed by atoms with Crippen molar-refractivity contribution in [3.05, 3.63) is 84.7 Å². The highest BCUT2D eigenvalue weighted by molar-refractivity contribution is 5.91. The molecule has 0 fully saturated rings. The fourth-order valence-electron chi connectivity index (χ4n) is 3.84. The lowest BCUT2D eigenvalue weighted by Crippen LogP contribution is -2.12. The quantitative estimate of drug-likeness (QED) is 0.332. The molecule has 142 valence electrons. The van der Waals surface area contributed by atoms with Crippen LogP contribution in [0.15, 0.2) is 83.5 Å². The third-order valence-corrected chi connectivity index (χ3v) is 5.30. The Morgan fingerprint density at radius 1 is 0.724 bits per heavy atom. The fourth-order valence-corrected chi connectivity index (χ4v) is 3.84. The van der Waals surface area contributed by atoms with E-state index in [2.05, 4.69) is 73.2 Å². The molecule has 3 aromatic heterocycles. The predicted molar refractivity (Wildman–Crippen MR) is 119 cm³/mol. The fraction of sp³-hybridized carbons (Fsp3) is 0.154. The van der Waals surface area contributed by atoms with E-state index < -0.39 is 0 Å². The lowest BCUT2D eigenvalue weighted by molar-refractivity contribution is 0.596. The summed E-state index contributed by atoms with van der Waals surface area (Å²) < 4.78 is 5.95. The standard InChI is InChI=1S/C26H22N2O/c1-26(2,3)22-14-20(13-17-7-4-5-9-21(17)22)23-15-18(10-12-27-23)24-16-19-8-6-11-28-25(19)29-24/h4-16H,1-3H3. The number of nitrogens with zero attached hydrogens (tertiary/aromatic N) is 2. The first kappa shape index (κ1) is 17.6. The van der Waals surface area contributed by atoms with Gasteiger partial charge in [0.2, 0.25) is 5.71 Å². The predicted octanol–water partition coefficient (Wildman–Crippen LogP) is 7.01. The lowest BCUT2D eigenvalue weighted by atomic mass is 9.82. The van der Waals surface area contributed by atoms with Crippen LogP contribution in [0.3, 0.4) is 0 Å². The van der Waals surface area contributed by atoms with Gasteiger partial charge in [0.05, 0.1) is 5.69 Å². The topological polar surface area (TPSA) is 38.9 Å². The molecule has 5 rings (SSSR count). The molecule has 0 unspecified atom stereocenters. The number of rotatable bonds is 2. The zero-order valence-corrected chi connectivity index (χ0v) is 16.8. The van der Waals surface area contributed by atoms with Crippen molar-refractivity contribution in [3.63, 3.8) is 0 Å². The van der Waals surface area contributed by atoms with Gasteiger partial charge in [-0.2, -0.15) is 0 Å². The van der Waals surface area contributed by atoms with Crippen LogP contribution in [0.5, 0.6) is 0 Å². The monoisotopic (exact) mass is 378 g/mol. The first-order valence-electron chi connectivity index (χ1n) is 9.84. The summed E-state index contributed by atoms with van der Waals surface area (Å²) in [4.78, 5) is 8.96. The maximum atomic E-state index is 5.95. The van der Waals surface area contributed by atoms with Crippen molar-refractivity contribution in [2.75, 3.05) is 0 Å². The molecule has 29 heavy (non-hydrogen) atoms. The van der Waals surface area contributed by atoms with Crippen LogP contribution in [0.4, 0.5) is 0 Å². The normalized spacial score (nSPS) is 12.0. The third-order valence-electron chi connectivity index (χ3n) is 5.30. The summed E-state index contributed by atoms with van der Waals surface area (Å²) in [6.07, 6.45) is 3.59. The molecule has 0 atom stereocenters. The SMILES string of the molecule is CC(C)(C)c1cc(-c2cc(-c3cc4cccnc4o3)ccn2)cc2ccccc12. The van der Waals surface area contributed by atoms with Crippen molar-refractivity contribution in [3.8, 4) is 22.6 Å². The second-order valence-electron chi connectivity index (χ2n) is 8.43. The molecule has 3 nitrogen and oxygen atoms in total. The van der Waals surface area contributed by atoms with Crippen LogP contribution in [0, 0.1) is 0 Å². The Morgan fingerprint density at radius 3 is 2.38 bits per heavy atom. The molecule has 0 saturated carbocycles. The summed E-state index contributed by atoms with van der Waals surface area (Å²) in [6.45, 7) is 6.76. The molecule has 0 aliphatic rings. The van der Waals surface area contributed by atoms with Gasteiger partial charge >= 0.3 is 0 Å². The van der Waals surface area contributed by atoms with Crippen molar-refractivity contribution in [1.29, 1.82) is 0 Å². The second kappa shape index (κ2) is 6.56. The van der Waals surface area contributed by atoms with Gasteiger partial charge in [0.15, 0.2) is 0 Å². The smallest absolute Gasteiger partial charge is 0.226 e. The maximum absolute atomic E-state index is 5.95. The van der Waals surface area contributed by atoms with Crippen molar-refractivity contribution in [1.82, 2.24) is 9.97 Å². The number of hydrogen-bond acceptors (Lipinski definition) is 3. The molecule has 3 heterocycles. The molecule has 2 aromatic carbocycles. The Kier molecular flexibility index (Phi) is 3.99. The number of aromatic nitrogens is 2. The van der Waals surface area contributed by atoms with Gasteiger partial charge in [-0.05, 0) is 64.2 Å². The molecular formula is C26H22N2O. The zero-order valence-electron chi connectivity index (χ0n) is 16.8. The molecular weight excluding hydrogens is 356 g/mol. The summed E-state index contributed by atoms with van der Waals surface area (Å²) in [5.41, 5.74) is 5.07. The Morgan fingerprint density at radius 2 is 1.55 bits per heavy atom. The summed E-state index contributed by atoms with van der Waals surface area (Å²) in [7, 11) is 0. The molecule has 0 saturated heterocycles. The summed E-state index contributed by atoms with van der Waals surface area (Å²) in [5.74, 6) is 0.805. The average Bonchev–Trinajstić information content (AvgIpc) is 3.17. The highest BCUT2D eigenvalue weighted by atomic mass is 16.3. The van der Waals surface area contributed by atoms with Gasteiger partial charge in [-0.25, -0.2) is 4.98 Å². The Labute approximate surface area is 170 Å². The van der Waals surface area contributed by atoms with Gasteiger partial charge in [-0.15, -0.1) is 0 Å². The van der Waals surface area contributed by atoms with E-state index in [0.717, 1.165) is 28.0 Å². The molecule has 0 amide bonds. The minimum absolute atomic E-state index is 0.0393. The van der Waals surface area contributed by atoms with Gasteiger partial charge in [0.1, 0.15) is 5.76 Å². The van der Waals surface area contributed by atoms with Crippen LogP contribution in [0.2, 0.25) is 0 Å². The Hall–Kier alpha value is -3.46. The molecule has 0 bridgehead atoms. The van der Waals surface area contributed by atoms with E-state index in [0.29, 0.717) is 5.71 Å². The maximum Gasteiger partial charge on any atom is 0.226 e. The largest absolute Gasteiger partial charge is 0.438 e. The van der Waals surface area contributed by atoms with E-state index >= 15 is 0 Å². The van der Waals surface area contributed by atoms with E-state index in [4.69, 9.17) is 4.42 Å². The van der Waals surface area contributed by atoms with Crippen LogP contribution in [-0.4, -0.2) is 9.97 Å². The van der Waals surface area contributed by atoms with Crippen LogP contribution >= 0.6 is 0 Å². The van der Waals surface area contributed by atoms with Crippen molar-refractivity contribution in [2.45, 2.75) is 26.2 Å².